The van der Waals surface area contributed by atoms with E-state index in [0.717, 1.165) is 32.7 Å². The van der Waals surface area contributed by atoms with E-state index in [9.17, 15) is 5.11 Å². The second-order valence-corrected chi connectivity index (χ2v) is 8.53. The van der Waals surface area contributed by atoms with Gasteiger partial charge in [0.05, 0.1) is 18.3 Å². The van der Waals surface area contributed by atoms with Crippen molar-refractivity contribution < 1.29 is 9.84 Å². The summed E-state index contributed by atoms with van der Waals surface area (Å²) in [5.74, 6) is 0. The highest BCUT2D eigenvalue weighted by molar-refractivity contribution is 4.76. The van der Waals surface area contributed by atoms with Gasteiger partial charge in [0.1, 0.15) is 0 Å². The molecule has 0 saturated carbocycles. The summed E-state index contributed by atoms with van der Waals surface area (Å²) in [4.78, 5) is 4.89. The zero-order valence-electron chi connectivity index (χ0n) is 15.0. The average molecular weight is 300 g/mol. The van der Waals surface area contributed by atoms with Crippen LogP contribution in [0, 0.1) is 5.41 Å². The van der Waals surface area contributed by atoms with Gasteiger partial charge in [0.25, 0.3) is 0 Å². The molecule has 1 N–H and O–H groups in total. The first kappa shape index (κ1) is 18.9. The molecule has 0 aromatic rings. The standard InChI is InChI=1S/C17H36N2O2/c1-16(2,3)7-8-18-9-11-19(12-10-18)13-15(20)14-21-17(4,5)6/h15,20H,7-14H2,1-6H3. The lowest BCUT2D eigenvalue weighted by Crippen LogP contribution is -2.49. The molecular formula is C17H36N2O2. The first-order chi connectivity index (χ1) is 9.55. The van der Waals surface area contributed by atoms with Gasteiger partial charge in [0, 0.05) is 32.7 Å². The molecule has 1 atom stereocenters. The third kappa shape index (κ3) is 9.46. The van der Waals surface area contributed by atoms with Crippen molar-refractivity contribution in [2.75, 3.05) is 45.9 Å². The van der Waals surface area contributed by atoms with Gasteiger partial charge in [-0.05, 0) is 39.2 Å². The van der Waals surface area contributed by atoms with E-state index in [1.165, 1.54) is 13.0 Å². The highest BCUT2D eigenvalue weighted by Crippen LogP contribution is 2.19. The van der Waals surface area contributed by atoms with Crippen molar-refractivity contribution in [3.05, 3.63) is 0 Å². The molecule has 1 aliphatic heterocycles. The summed E-state index contributed by atoms with van der Waals surface area (Å²) in [7, 11) is 0. The minimum Gasteiger partial charge on any atom is -0.389 e. The van der Waals surface area contributed by atoms with Gasteiger partial charge in [-0.25, -0.2) is 0 Å². The number of hydrogen-bond acceptors (Lipinski definition) is 4. The van der Waals surface area contributed by atoms with Crippen LogP contribution in [-0.4, -0.2) is 72.5 Å². The molecule has 0 aliphatic carbocycles. The highest BCUT2D eigenvalue weighted by Gasteiger charge is 2.21. The monoisotopic (exact) mass is 300 g/mol. The molecular weight excluding hydrogens is 264 g/mol. The molecule has 0 bridgehead atoms. The Bertz CT molecular complexity index is 286. The Kier molecular flexibility index (Phi) is 7.11. The Morgan fingerprint density at radius 1 is 0.952 bits per heavy atom. The maximum atomic E-state index is 10.1. The van der Waals surface area contributed by atoms with E-state index in [1.54, 1.807) is 0 Å². The van der Waals surface area contributed by atoms with Gasteiger partial charge in [0.15, 0.2) is 0 Å². The van der Waals surface area contributed by atoms with Crippen LogP contribution in [0.3, 0.4) is 0 Å². The molecule has 4 nitrogen and oxygen atoms in total. The summed E-state index contributed by atoms with van der Waals surface area (Å²) in [5, 5.41) is 10.1. The van der Waals surface area contributed by atoms with Crippen LogP contribution in [0.2, 0.25) is 0 Å². The van der Waals surface area contributed by atoms with Gasteiger partial charge >= 0.3 is 0 Å². The van der Waals surface area contributed by atoms with Crippen LogP contribution in [0.15, 0.2) is 0 Å². The fourth-order valence-electron chi connectivity index (χ4n) is 2.39. The van der Waals surface area contributed by atoms with Crippen LogP contribution in [0.1, 0.15) is 48.0 Å². The average Bonchev–Trinajstić information content (AvgIpc) is 2.34. The lowest BCUT2D eigenvalue weighted by atomic mass is 9.92. The van der Waals surface area contributed by atoms with Crippen molar-refractivity contribution in [1.29, 1.82) is 0 Å². The van der Waals surface area contributed by atoms with Crippen LogP contribution >= 0.6 is 0 Å². The summed E-state index contributed by atoms with van der Waals surface area (Å²) in [6.07, 6.45) is 0.861. The molecule has 1 heterocycles. The normalized spacial score (nSPS) is 20.7. The van der Waals surface area contributed by atoms with Crippen LogP contribution < -0.4 is 0 Å². The summed E-state index contributed by atoms with van der Waals surface area (Å²) >= 11 is 0. The van der Waals surface area contributed by atoms with E-state index < -0.39 is 0 Å². The smallest absolute Gasteiger partial charge is 0.0900 e. The molecule has 1 saturated heterocycles. The van der Waals surface area contributed by atoms with Crippen LogP contribution in [-0.2, 0) is 4.74 Å². The zero-order chi connectivity index (χ0) is 16.1. The number of nitrogens with zero attached hydrogens (tertiary/aromatic N) is 2. The second-order valence-electron chi connectivity index (χ2n) is 8.53. The van der Waals surface area contributed by atoms with Crippen LogP contribution in [0.5, 0.6) is 0 Å². The number of ether oxygens (including phenoxy) is 1. The summed E-state index contributed by atoms with van der Waals surface area (Å²) in [5.41, 5.74) is 0.240. The quantitative estimate of drug-likeness (QED) is 0.816. The number of hydrogen-bond donors (Lipinski definition) is 1. The SMILES string of the molecule is CC(C)(C)CCN1CCN(CC(O)COC(C)(C)C)CC1. The van der Waals surface area contributed by atoms with Gasteiger partial charge in [0.2, 0.25) is 0 Å². The molecule has 1 aliphatic rings. The van der Waals surface area contributed by atoms with Crippen LogP contribution in [0.25, 0.3) is 0 Å². The van der Waals surface area contributed by atoms with Gasteiger partial charge in [-0.3, -0.25) is 4.90 Å². The number of rotatable bonds is 6. The fourth-order valence-corrected chi connectivity index (χ4v) is 2.39. The van der Waals surface area contributed by atoms with Crippen molar-refractivity contribution >= 4 is 0 Å². The summed E-state index contributed by atoms with van der Waals surface area (Å²) < 4.78 is 5.64. The van der Waals surface area contributed by atoms with E-state index in [4.69, 9.17) is 4.74 Å². The van der Waals surface area contributed by atoms with Gasteiger partial charge in [-0.15, -0.1) is 0 Å². The number of β-amino-alcohol motifs (C(OH)–C–C–N with tert-alkyl or cyclic N) is 1. The Hall–Kier alpha value is -0.160. The van der Waals surface area contributed by atoms with Crippen molar-refractivity contribution in [3.8, 4) is 0 Å². The van der Waals surface area contributed by atoms with Gasteiger partial charge in [-0.1, -0.05) is 20.8 Å². The van der Waals surface area contributed by atoms with Crippen molar-refractivity contribution in [2.45, 2.75) is 59.7 Å². The molecule has 126 valence electrons. The Morgan fingerprint density at radius 2 is 1.48 bits per heavy atom. The third-order valence-electron chi connectivity index (χ3n) is 3.82. The molecule has 0 spiro atoms. The zero-order valence-corrected chi connectivity index (χ0v) is 15.0. The lowest BCUT2D eigenvalue weighted by Gasteiger charge is -2.36. The molecule has 1 rings (SSSR count). The largest absolute Gasteiger partial charge is 0.389 e. The first-order valence-electron chi connectivity index (χ1n) is 8.32. The predicted octanol–water partition coefficient (Wildman–Crippen LogP) is 2.22. The molecule has 0 aromatic heterocycles. The Balaban J connectivity index is 2.18. The second kappa shape index (κ2) is 7.91. The molecule has 0 radical (unpaired) electrons. The van der Waals surface area contributed by atoms with Gasteiger partial charge in [-0.2, -0.15) is 0 Å². The molecule has 0 amide bonds. The minimum absolute atomic E-state index is 0.174. The number of piperazine rings is 1. The third-order valence-corrected chi connectivity index (χ3v) is 3.82. The van der Waals surface area contributed by atoms with Crippen molar-refractivity contribution in [2.24, 2.45) is 5.41 Å². The fraction of sp³-hybridized carbons (Fsp3) is 1.00. The van der Waals surface area contributed by atoms with E-state index in [1.807, 2.05) is 20.8 Å². The first-order valence-corrected chi connectivity index (χ1v) is 8.32. The van der Waals surface area contributed by atoms with E-state index in [0.29, 0.717) is 12.0 Å². The molecule has 1 unspecified atom stereocenters. The molecule has 4 heteroatoms. The Morgan fingerprint density at radius 3 is 1.95 bits per heavy atom. The maximum absolute atomic E-state index is 10.1. The molecule has 21 heavy (non-hydrogen) atoms. The van der Waals surface area contributed by atoms with Crippen molar-refractivity contribution in [3.63, 3.8) is 0 Å². The molecule has 1 fully saturated rings. The number of aliphatic hydroxyl groups excluding tert-OH is 1. The topological polar surface area (TPSA) is 35.9 Å². The maximum Gasteiger partial charge on any atom is 0.0900 e. The van der Waals surface area contributed by atoms with Crippen LogP contribution in [0.4, 0.5) is 0 Å². The van der Waals surface area contributed by atoms with E-state index in [-0.39, 0.29) is 11.7 Å². The highest BCUT2D eigenvalue weighted by atomic mass is 16.5. The van der Waals surface area contributed by atoms with Crippen molar-refractivity contribution in [1.82, 2.24) is 9.80 Å². The summed E-state index contributed by atoms with van der Waals surface area (Å²) in [6, 6.07) is 0. The minimum atomic E-state index is -0.384. The summed E-state index contributed by atoms with van der Waals surface area (Å²) in [6.45, 7) is 19.6. The van der Waals surface area contributed by atoms with Gasteiger partial charge < -0.3 is 14.7 Å². The van der Waals surface area contributed by atoms with E-state index >= 15 is 0 Å². The van der Waals surface area contributed by atoms with E-state index in [2.05, 4.69) is 30.6 Å². The Labute approximate surface area is 131 Å². The lowest BCUT2D eigenvalue weighted by molar-refractivity contribution is -0.0586. The molecule has 0 aromatic carbocycles. The predicted molar refractivity (Wildman–Crippen MR) is 88.7 cm³/mol. The number of aliphatic hydroxyl groups is 1.